The van der Waals surface area contributed by atoms with Gasteiger partial charge in [0, 0.05) is 24.1 Å². The van der Waals surface area contributed by atoms with Crippen LogP contribution in [-0.4, -0.2) is 35.3 Å². The summed E-state index contributed by atoms with van der Waals surface area (Å²) in [6, 6.07) is 13.7. The maximum atomic E-state index is 13.7. The van der Waals surface area contributed by atoms with Crippen LogP contribution in [0.25, 0.3) is 0 Å². The third-order valence-corrected chi connectivity index (χ3v) is 7.07. The number of benzene rings is 1. The van der Waals surface area contributed by atoms with Crippen LogP contribution in [-0.2, 0) is 9.59 Å². The Kier molecular flexibility index (Phi) is 8.26. The molecule has 3 aromatic rings. The lowest BCUT2D eigenvalue weighted by molar-refractivity contribution is -0.127. The molecule has 1 saturated carbocycles. The summed E-state index contributed by atoms with van der Waals surface area (Å²) in [7, 11) is 0. The maximum absolute atomic E-state index is 13.7. The normalized spacial score (nSPS) is 14.7. The Morgan fingerprint density at radius 3 is 2.40 bits per heavy atom. The zero-order chi connectivity index (χ0) is 24.6. The van der Waals surface area contributed by atoms with E-state index >= 15 is 0 Å². The number of thiophene rings is 1. The van der Waals surface area contributed by atoms with Gasteiger partial charge in [-0.2, -0.15) is 0 Å². The number of anilines is 1. The van der Waals surface area contributed by atoms with Crippen LogP contribution >= 0.6 is 11.3 Å². The van der Waals surface area contributed by atoms with Crippen LogP contribution in [0.15, 0.2) is 66.3 Å². The molecule has 1 fully saturated rings. The lowest BCUT2D eigenvalue weighted by Gasteiger charge is -2.33. The highest BCUT2D eigenvalue weighted by atomic mass is 32.1. The zero-order valence-corrected chi connectivity index (χ0v) is 20.6. The molecule has 1 aliphatic carbocycles. The summed E-state index contributed by atoms with van der Waals surface area (Å²) in [5.41, 5.74) is 2.29. The molecular weight excluding hydrogens is 460 g/mol. The molecule has 8 heteroatoms. The summed E-state index contributed by atoms with van der Waals surface area (Å²) >= 11 is 1.31. The van der Waals surface area contributed by atoms with Crippen molar-refractivity contribution < 1.29 is 14.4 Å². The molecule has 0 saturated heterocycles. The van der Waals surface area contributed by atoms with E-state index in [1.807, 2.05) is 36.6 Å². The third kappa shape index (κ3) is 6.33. The van der Waals surface area contributed by atoms with Gasteiger partial charge in [-0.05, 0) is 61.0 Å². The van der Waals surface area contributed by atoms with Crippen molar-refractivity contribution in [3.63, 3.8) is 0 Å². The minimum atomic E-state index is -0.895. The summed E-state index contributed by atoms with van der Waals surface area (Å²) in [5, 5.41) is 7.70. The van der Waals surface area contributed by atoms with Gasteiger partial charge in [0.15, 0.2) is 0 Å². The number of aromatic nitrogens is 1. The standard InChI is InChI=1S/C27H30N4O3S/c1-19-9-11-22(12-10-19)31(24(32)18-29-26(33)23-8-5-17-35-23)25(20-13-15-28-16-14-20)27(34)30-21-6-3-2-4-7-21/h5,8-17,21,25H,2-4,6-7,18H2,1H3,(H,29,33)(H,30,34)/t25-/m1/s1. The highest BCUT2D eigenvalue weighted by molar-refractivity contribution is 7.12. The molecular formula is C27H30N4O3S. The summed E-state index contributed by atoms with van der Waals surface area (Å²) in [5.74, 6) is -0.926. The molecule has 2 N–H and O–H groups in total. The molecule has 1 aromatic carbocycles. The number of aryl methyl sites for hydroxylation is 1. The van der Waals surface area contributed by atoms with Crippen molar-refractivity contribution in [1.29, 1.82) is 0 Å². The molecule has 0 spiro atoms. The van der Waals surface area contributed by atoms with Gasteiger partial charge in [-0.15, -0.1) is 11.3 Å². The monoisotopic (exact) mass is 490 g/mol. The average Bonchev–Trinajstić information content (AvgIpc) is 3.43. The topological polar surface area (TPSA) is 91.4 Å². The van der Waals surface area contributed by atoms with Gasteiger partial charge in [0.05, 0.1) is 11.4 Å². The number of rotatable bonds is 8. The number of hydrogen-bond donors (Lipinski definition) is 2. The SMILES string of the molecule is Cc1ccc(N(C(=O)CNC(=O)c2cccs2)[C@@H](C(=O)NC2CCCCC2)c2ccncc2)cc1. The molecule has 0 radical (unpaired) electrons. The van der Waals surface area contributed by atoms with Gasteiger partial charge in [-0.3, -0.25) is 24.3 Å². The fraction of sp³-hybridized carbons (Fsp3) is 0.333. The van der Waals surface area contributed by atoms with Crippen molar-refractivity contribution in [2.45, 2.75) is 51.1 Å². The smallest absolute Gasteiger partial charge is 0.261 e. The van der Waals surface area contributed by atoms with Gasteiger partial charge in [0.1, 0.15) is 6.04 Å². The molecule has 0 unspecified atom stereocenters. The number of hydrogen-bond acceptors (Lipinski definition) is 5. The van der Waals surface area contributed by atoms with E-state index in [9.17, 15) is 14.4 Å². The Morgan fingerprint density at radius 1 is 1.03 bits per heavy atom. The van der Waals surface area contributed by atoms with Crippen LogP contribution in [0.4, 0.5) is 5.69 Å². The molecule has 3 amide bonds. The fourth-order valence-electron chi connectivity index (χ4n) is 4.37. The Hall–Kier alpha value is -3.52. The maximum Gasteiger partial charge on any atom is 0.261 e. The summed E-state index contributed by atoms with van der Waals surface area (Å²) in [6.07, 6.45) is 8.45. The van der Waals surface area contributed by atoms with Crippen LogP contribution in [0.2, 0.25) is 0 Å². The van der Waals surface area contributed by atoms with Crippen LogP contribution in [0.3, 0.4) is 0 Å². The predicted molar refractivity (Wildman–Crippen MR) is 137 cm³/mol. The van der Waals surface area contributed by atoms with E-state index in [0.717, 1.165) is 31.2 Å². The lowest BCUT2D eigenvalue weighted by atomic mass is 9.94. The summed E-state index contributed by atoms with van der Waals surface area (Å²) in [4.78, 5) is 45.9. The number of carbonyl (C=O) groups is 3. The number of pyridine rings is 1. The first-order valence-corrected chi connectivity index (χ1v) is 12.8. The molecule has 35 heavy (non-hydrogen) atoms. The van der Waals surface area contributed by atoms with E-state index in [1.165, 1.54) is 22.7 Å². The van der Waals surface area contributed by atoms with E-state index in [-0.39, 0.29) is 30.3 Å². The summed E-state index contributed by atoms with van der Waals surface area (Å²) in [6.45, 7) is 1.73. The fourth-order valence-corrected chi connectivity index (χ4v) is 5.01. The lowest BCUT2D eigenvalue weighted by Crippen LogP contribution is -2.49. The third-order valence-electron chi connectivity index (χ3n) is 6.21. The van der Waals surface area contributed by atoms with E-state index in [2.05, 4.69) is 15.6 Å². The van der Waals surface area contributed by atoms with Gasteiger partial charge < -0.3 is 10.6 Å². The van der Waals surface area contributed by atoms with Crippen molar-refractivity contribution in [3.8, 4) is 0 Å². The minimum Gasteiger partial charge on any atom is -0.351 e. The van der Waals surface area contributed by atoms with Gasteiger partial charge in [0.25, 0.3) is 5.91 Å². The first-order valence-electron chi connectivity index (χ1n) is 11.9. The second-order valence-corrected chi connectivity index (χ2v) is 9.73. The second-order valence-electron chi connectivity index (χ2n) is 8.79. The molecule has 182 valence electrons. The van der Waals surface area contributed by atoms with E-state index in [0.29, 0.717) is 16.1 Å². The number of amides is 3. The van der Waals surface area contributed by atoms with E-state index in [4.69, 9.17) is 0 Å². The van der Waals surface area contributed by atoms with Crippen LogP contribution in [0.5, 0.6) is 0 Å². The first kappa shape index (κ1) is 24.6. The van der Waals surface area contributed by atoms with Crippen molar-refractivity contribution >= 4 is 34.7 Å². The Balaban J connectivity index is 1.65. The van der Waals surface area contributed by atoms with Gasteiger partial charge >= 0.3 is 0 Å². The predicted octanol–water partition coefficient (Wildman–Crippen LogP) is 4.40. The van der Waals surface area contributed by atoms with E-state index in [1.54, 1.807) is 36.7 Å². The van der Waals surface area contributed by atoms with Crippen LogP contribution < -0.4 is 15.5 Å². The second kappa shape index (κ2) is 11.8. The number of nitrogens with zero attached hydrogens (tertiary/aromatic N) is 2. The van der Waals surface area contributed by atoms with Crippen molar-refractivity contribution in [3.05, 3.63) is 82.3 Å². The Bertz CT molecular complexity index is 1130. The molecule has 2 heterocycles. The largest absolute Gasteiger partial charge is 0.351 e. The highest BCUT2D eigenvalue weighted by Crippen LogP contribution is 2.29. The molecule has 0 bridgehead atoms. The molecule has 1 aliphatic rings. The first-order chi connectivity index (χ1) is 17.0. The van der Waals surface area contributed by atoms with E-state index < -0.39 is 6.04 Å². The summed E-state index contributed by atoms with van der Waals surface area (Å²) < 4.78 is 0. The molecule has 4 rings (SSSR count). The highest BCUT2D eigenvalue weighted by Gasteiger charge is 2.34. The molecule has 7 nitrogen and oxygen atoms in total. The number of nitrogens with one attached hydrogen (secondary N) is 2. The molecule has 1 atom stereocenters. The zero-order valence-electron chi connectivity index (χ0n) is 19.8. The molecule has 2 aromatic heterocycles. The van der Waals surface area contributed by atoms with Crippen molar-refractivity contribution in [2.75, 3.05) is 11.4 Å². The van der Waals surface area contributed by atoms with Gasteiger partial charge in [-0.25, -0.2) is 0 Å². The minimum absolute atomic E-state index is 0.0917. The Morgan fingerprint density at radius 2 is 1.74 bits per heavy atom. The Labute approximate surface area is 209 Å². The van der Waals surface area contributed by atoms with Crippen LogP contribution in [0.1, 0.15) is 58.9 Å². The molecule has 0 aliphatic heterocycles. The average molecular weight is 491 g/mol. The number of carbonyl (C=O) groups excluding carboxylic acids is 3. The van der Waals surface area contributed by atoms with Gasteiger partial charge in [-0.1, -0.05) is 43.0 Å². The van der Waals surface area contributed by atoms with Crippen molar-refractivity contribution in [2.24, 2.45) is 0 Å². The quantitative estimate of drug-likeness (QED) is 0.490. The van der Waals surface area contributed by atoms with Gasteiger partial charge in [0.2, 0.25) is 11.8 Å². The van der Waals surface area contributed by atoms with Crippen LogP contribution in [0, 0.1) is 6.92 Å². The van der Waals surface area contributed by atoms with Crippen molar-refractivity contribution in [1.82, 2.24) is 15.6 Å².